The highest BCUT2D eigenvalue weighted by molar-refractivity contribution is 9.10. The van der Waals surface area contributed by atoms with Crippen molar-refractivity contribution in [3.8, 4) is 0 Å². The molecule has 0 radical (unpaired) electrons. The van der Waals surface area contributed by atoms with Crippen LogP contribution >= 0.6 is 15.9 Å². The third-order valence-corrected chi connectivity index (χ3v) is 3.87. The normalized spacial score (nSPS) is 19.4. The third-order valence-electron chi connectivity index (χ3n) is 2.98. The Morgan fingerprint density at radius 1 is 1.42 bits per heavy atom. The molecule has 1 aromatic rings. The molecule has 1 amide bonds. The number of esters is 1. The number of nitrogen functional groups attached to an aromatic ring is 1. The molecular formula is C13H15BrN2O3. The van der Waals surface area contributed by atoms with Gasteiger partial charge < -0.3 is 15.8 Å². The molecule has 1 aromatic carbocycles. The maximum atomic E-state index is 12.1. The summed E-state index contributed by atoms with van der Waals surface area (Å²) in [7, 11) is 0. The first-order chi connectivity index (χ1) is 9.09. The van der Waals surface area contributed by atoms with E-state index in [2.05, 4.69) is 21.2 Å². The molecule has 0 bridgehead atoms. The standard InChI is InChI=1S/C13H15BrN2O3/c14-11-8(4-3-5-9(11)15)13(18)19-10-6-1-2-7-16-12(10)17/h3-5,10H,1-2,6-7,15H2,(H,16,17). The molecule has 0 aromatic heterocycles. The predicted octanol–water partition coefficient (Wildman–Crippen LogP) is 1.86. The number of hydrogen-bond acceptors (Lipinski definition) is 4. The van der Waals surface area contributed by atoms with Crippen molar-refractivity contribution in [2.45, 2.75) is 25.4 Å². The molecule has 6 heteroatoms. The Labute approximate surface area is 119 Å². The van der Waals surface area contributed by atoms with Gasteiger partial charge in [-0.25, -0.2) is 4.79 Å². The second-order valence-corrected chi connectivity index (χ2v) is 5.18. The van der Waals surface area contributed by atoms with E-state index in [0.29, 0.717) is 28.7 Å². The monoisotopic (exact) mass is 326 g/mol. The van der Waals surface area contributed by atoms with Gasteiger partial charge in [-0.1, -0.05) is 6.07 Å². The van der Waals surface area contributed by atoms with Crippen molar-refractivity contribution < 1.29 is 14.3 Å². The fourth-order valence-corrected chi connectivity index (χ4v) is 2.35. The molecule has 2 rings (SSSR count). The molecule has 1 saturated heterocycles. The Kier molecular flexibility index (Phi) is 4.42. The van der Waals surface area contributed by atoms with Gasteiger partial charge >= 0.3 is 5.97 Å². The SMILES string of the molecule is Nc1cccc(C(=O)OC2CCCCNC2=O)c1Br. The molecule has 0 spiro atoms. The third kappa shape index (κ3) is 3.26. The summed E-state index contributed by atoms with van der Waals surface area (Å²) in [4.78, 5) is 23.8. The summed E-state index contributed by atoms with van der Waals surface area (Å²) in [6, 6.07) is 4.96. The summed E-state index contributed by atoms with van der Waals surface area (Å²) >= 11 is 3.25. The Hall–Kier alpha value is -1.56. The summed E-state index contributed by atoms with van der Waals surface area (Å²) < 4.78 is 5.76. The largest absolute Gasteiger partial charge is 0.449 e. The number of amides is 1. The first-order valence-electron chi connectivity index (χ1n) is 6.12. The Bertz CT molecular complexity index is 505. The molecule has 1 aliphatic rings. The number of benzene rings is 1. The van der Waals surface area contributed by atoms with E-state index in [1.807, 2.05) is 0 Å². The molecule has 1 unspecified atom stereocenters. The van der Waals surface area contributed by atoms with Gasteiger partial charge in [0.25, 0.3) is 5.91 Å². The van der Waals surface area contributed by atoms with E-state index >= 15 is 0 Å². The zero-order valence-corrected chi connectivity index (χ0v) is 11.9. The van der Waals surface area contributed by atoms with Gasteiger partial charge in [0.2, 0.25) is 0 Å². The van der Waals surface area contributed by atoms with Crippen molar-refractivity contribution in [3.63, 3.8) is 0 Å². The molecule has 0 saturated carbocycles. The number of rotatable bonds is 2. The quantitative estimate of drug-likeness (QED) is 0.642. The fourth-order valence-electron chi connectivity index (χ4n) is 1.92. The van der Waals surface area contributed by atoms with Crippen LogP contribution in [0.2, 0.25) is 0 Å². The van der Waals surface area contributed by atoms with Crippen LogP contribution < -0.4 is 11.1 Å². The van der Waals surface area contributed by atoms with Gasteiger partial charge in [0.05, 0.1) is 10.0 Å². The summed E-state index contributed by atoms with van der Waals surface area (Å²) in [6.45, 7) is 0.634. The molecule has 1 atom stereocenters. The Morgan fingerprint density at radius 3 is 3.00 bits per heavy atom. The number of nitrogens with two attached hydrogens (primary N) is 1. The van der Waals surface area contributed by atoms with Gasteiger partial charge in [0.15, 0.2) is 6.10 Å². The number of nitrogens with one attached hydrogen (secondary N) is 1. The van der Waals surface area contributed by atoms with Gasteiger partial charge in [-0.15, -0.1) is 0 Å². The average molecular weight is 327 g/mol. The summed E-state index contributed by atoms with van der Waals surface area (Å²) in [6.07, 6.45) is 1.59. The minimum atomic E-state index is -0.719. The van der Waals surface area contributed by atoms with Crippen LogP contribution in [0.3, 0.4) is 0 Å². The average Bonchev–Trinajstić information content (AvgIpc) is 2.58. The molecule has 102 valence electrons. The molecule has 1 heterocycles. The molecule has 3 N–H and O–H groups in total. The van der Waals surface area contributed by atoms with Crippen molar-refractivity contribution in [2.24, 2.45) is 0 Å². The minimum absolute atomic E-state index is 0.231. The number of carbonyl (C=O) groups is 2. The lowest BCUT2D eigenvalue weighted by Crippen LogP contribution is -2.36. The highest BCUT2D eigenvalue weighted by atomic mass is 79.9. The first-order valence-corrected chi connectivity index (χ1v) is 6.91. The number of hydrogen-bond donors (Lipinski definition) is 2. The topological polar surface area (TPSA) is 81.4 Å². The van der Waals surface area contributed by atoms with E-state index in [4.69, 9.17) is 10.5 Å². The number of carbonyl (C=O) groups excluding carboxylic acids is 2. The molecule has 5 nitrogen and oxygen atoms in total. The Balaban J connectivity index is 2.12. The maximum Gasteiger partial charge on any atom is 0.340 e. The van der Waals surface area contributed by atoms with Gasteiger partial charge in [-0.2, -0.15) is 0 Å². The molecule has 1 aliphatic heterocycles. The highest BCUT2D eigenvalue weighted by Gasteiger charge is 2.26. The van der Waals surface area contributed by atoms with Crippen LogP contribution in [0, 0.1) is 0 Å². The summed E-state index contributed by atoms with van der Waals surface area (Å²) in [5, 5.41) is 2.72. The summed E-state index contributed by atoms with van der Waals surface area (Å²) in [5.74, 6) is -0.771. The van der Waals surface area contributed by atoms with E-state index in [0.717, 1.165) is 12.8 Å². The van der Waals surface area contributed by atoms with E-state index in [1.54, 1.807) is 18.2 Å². The molecule has 0 aliphatic carbocycles. The summed E-state index contributed by atoms with van der Waals surface area (Å²) in [5.41, 5.74) is 6.50. The van der Waals surface area contributed by atoms with Crippen LogP contribution in [-0.2, 0) is 9.53 Å². The van der Waals surface area contributed by atoms with Crippen molar-refractivity contribution in [3.05, 3.63) is 28.2 Å². The van der Waals surface area contributed by atoms with Crippen LogP contribution in [0.15, 0.2) is 22.7 Å². The van der Waals surface area contributed by atoms with Crippen LogP contribution in [0.25, 0.3) is 0 Å². The van der Waals surface area contributed by atoms with Gasteiger partial charge in [0.1, 0.15) is 0 Å². The maximum absolute atomic E-state index is 12.1. The van der Waals surface area contributed by atoms with Gasteiger partial charge in [0, 0.05) is 12.2 Å². The van der Waals surface area contributed by atoms with Crippen molar-refractivity contribution in [2.75, 3.05) is 12.3 Å². The van der Waals surface area contributed by atoms with Crippen molar-refractivity contribution in [1.29, 1.82) is 0 Å². The van der Waals surface area contributed by atoms with E-state index < -0.39 is 12.1 Å². The minimum Gasteiger partial charge on any atom is -0.449 e. The smallest absolute Gasteiger partial charge is 0.340 e. The lowest BCUT2D eigenvalue weighted by atomic mass is 10.1. The lowest BCUT2D eigenvalue weighted by molar-refractivity contribution is -0.129. The van der Waals surface area contributed by atoms with Crippen molar-refractivity contribution in [1.82, 2.24) is 5.32 Å². The van der Waals surface area contributed by atoms with E-state index in [9.17, 15) is 9.59 Å². The van der Waals surface area contributed by atoms with Crippen LogP contribution in [0.4, 0.5) is 5.69 Å². The van der Waals surface area contributed by atoms with Crippen LogP contribution in [0.5, 0.6) is 0 Å². The van der Waals surface area contributed by atoms with Gasteiger partial charge in [-0.05, 0) is 47.3 Å². The van der Waals surface area contributed by atoms with Crippen molar-refractivity contribution >= 4 is 33.5 Å². The number of halogens is 1. The molecule has 19 heavy (non-hydrogen) atoms. The molecule has 1 fully saturated rings. The van der Waals surface area contributed by atoms with E-state index in [1.165, 1.54) is 0 Å². The number of ether oxygens (including phenoxy) is 1. The second kappa shape index (κ2) is 6.06. The lowest BCUT2D eigenvalue weighted by Gasteiger charge is -2.15. The second-order valence-electron chi connectivity index (χ2n) is 4.39. The fraction of sp³-hybridized carbons (Fsp3) is 0.385. The van der Waals surface area contributed by atoms with Crippen LogP contribution in [-0.4, -0.2) is 24.5 Å². The van der Waals surface area contributed by atoms with Crippen LogP contribution in [0.1, 0.15) is 29.6 Å². The van der Waals surface area contributed by atoms with Gasteiger partial charge in [-0.3, -0.25) is 4.79 Å². The zero-order chi connectivity index (χ0) is 13.8. The first kappa shape index (κ1) is 13.9. The highest BCUT2D eigenvalue weighted by Crippen LogP contribution is 2.25. The van der Waals surface area contributed by atoms with E-state index in [-0.39, 0.29) is 5.91 Å². The number of anilines is 1. The Morgan fingerprint density at radius 2 is 2.21 bits per heavy atom. The zero-order valence-electron chi connectivity index (χ0n) is 10.3. The predicted molar refractivity (Wildman–Crippen MR) is 74.6 cm³/mol. The molecular weight excluding hydrogens is 312 g/mol.